The van der Waals surface area contributed by atoms with Gasteiger partial charge in [-0.3, -0.25) is 4.79 Å². The Morgan fingerprint density at radius 2 is 2.29 bits per heavy atom. The normalized spacial score (nSPS) is 18.1. The van der Waals surface area contributed by atoms with E-state index in [1.165, 1.54) is 0 Å². The minimum absolute atomic E-state index is 0.115. The van der Waals surface area contributed by atoms with Crippen molar-refractivity contribution in [1.29, 1.82) is 0 Å². The number of unbranched alkanes of at least 4 members (excludes halogenated alkanes) is 1. The van der Waals surface area contributed by atoms with Crippen LogP contribution in [0.2, 0.25) is 0 Å². The Morgan fingerprint density at radius 1 is 1.47 bits per heavy atom. The molecule has 1 N–H and O–H groups in total. The first-order valence-corrected chi connectivity index (χ1v) is 6.32. The van der Waals surface area contributed by atoms with Gasteiger partial charge in [-0.25, -0.2) is 0 Å². The van der Waals surface area contributed by atoms with Gasteiger partial charge in [-0.2, -0.15) is 0 Å². The van der Waals surface area contributed by atoms with Crippen LogP contribution in [0, 0.1) is 0 Å². The van der Waals surface area contributed by atoms with E-state index in [1.807, 2.05) is 24.3 Å². The van der Waals surface area contributed by atoms with Crippen LogP contribution in [-0.4, -0.2) is 12.5 Å². The molecule has 1 amide bonds. The van der Waals surface area contributed by atoms with Crippen molar-refractivity contribution < 1.29 is 9.53 Å². The molecule has 1 unspecified atom stereocenters. The molecule has 17 heavy (non-hydrogen) atoms. The summed E-state index contributed by atoms with van der Waals surface area (Å²) in [6.45, 7) is 2.77. The molecular weight excluding hydrogens is 214 g/mol. The predicted octanol–water partition coefficient (Wildman–Crippen LogP) is 2.82. The average molecular weight is 233 g/mol. The van der Waals surface area contributed by atoms with Gasteiger partial charge in [-0.15, -0.1) is 0 Å². The summed E-state index contributed by atoms with van der Waals surface area (Å²) in [5.74, 6) is 1.05. The highest BCUT2D eigenvalue weighted by molar-refractivity contribution is 5.76. The van der Waals surface area contributed by atoms with Crippen molar-refractivity contribution in [2.75, 3.05) is 6.61 Å². The monoisotopic (exact) mass is 233 g/mol. The fraction of sp³-hybridized carbons (Fsp3) is 0.500. The van der Waals surface area contributed by atoms with Crippen molar-refractivity contribution in [3.63, 3.8) is 0 Å². The molecule has 0 saturated carbocycles. The molecular formula is C14H19NO2. The zero-order chi connectivity index (χ0) is 12.1. The Hall–Kier alpha value is -1.51. The molecule has 1 atom stereocenters. The SMILES string of the molecule is CCCCC(=O)NC1CCOc2ccccc21. The van der Waals surface area contributed by atoms with Gasteiger partial charge in [0.05, 0.1) is 12.6 Å². The van der Waals surface area contributed by atoms with E-state index in [0.29, 0.717) is 13.0 Å². The summed E-state index contributed by atoms with van der Waals surface area (Å²) in [4.78, 5) is 11.7. The fourth-order valence-electron chi connectivity index (χ4n) is 2.10. The van der Waals surface area contributed by atoms with Crippen LogP contribution in [0.1, 0.15) is 44.2 Å². The van der Waals surface area contributed by atoms with Gasteiger partial charge in [0.15, 0.2) is 0 Å². The topological polar surface area (TPSA) is 38.3 Å². The molecule has 3 nitrogen and oxygen atoms in total. The third kappa shape index (κ3) is 2.99. The molecule has 0 aliphatic carbocycles. The third-order valence-electron chi connectivity index (χ3n) is 3.05. The van der Waals surface area contributed by atoms with Crippen LogP contribution in [0.15, 0.2) is 24.3 Å². The number of ether oxygens (including phenoxy) is 1. The van der Waals surface area contributed by atoms with Crippen LogP contribution >= 0.6 is 0 Å². The largest absolute Gasteiger partial charge is 0.493 e. The van der Waals surface area contributed by atoms with Crippen molar-refractivity contribution >= 4 is 5.91 Å². The number of rotatable bonds is 4. The number of nitrogens with one attached hydrogen (secondary N) is 1. The highest BCUT2D eigenvalue weighted by atomic mass is 16.5. The number of hydrogen-bond donors (Lipinski definition) is 1. The zero-order valence-electron chi connectivity index (χ0n) is 10.2. The molecule has 0 bridgehead atoms. The Labute approximate surface area is 102 Å². The number of benzene rings is 1. The Kier molecular flexibility index (Phi) is 4.02. The molecule has 92 valence electrons. The van der Waals surface area contributed by atoms with E-state index < -0.39 is 0 Å². The number of amides is 1. The summed E-state index contributed by atoms with van der Waals surface area (Å²) in [5, 5.41) is 3.09. The molecule has 1 aliphatic heterocycles. The van der Waals surface area contributed by atoms with E-state index >= 15 is 0 Å². The van der Waals surface area contributed by atoms with Gasteiger partial charge >= 0.3 is 0 Å². The molecule has 0 spiro atoms. The van der Waals surface area contributed by atoms with Crippen LogP contribution in [0.5, 0.6) is 5.75 Å². The van der Waals surface area contributed by atoms with Crippen molar-refractivity contribution in [2.45, 2.75) is 38.6 Å². The Bertz CT molecular complexity index is 390. The number of fused-ring (bicyclic) bond motifs is 1. The molecule has 1 heterocycles. The first-order chi connectivity index (χ1) is 8.31. The molecule has 2 rings (SSSR count). The summed E-state index contributed by atoms with van der Waals surface area (Å²) in [6.07, 6.45) is 3.49. The summed E-state index contributed by atoms with van der Waals surface area (Å²) < 4.78 is 5.57. The molecule has 0 fully saturated rings. The van der Waals surface area contributed by atoms with E-state index in [9.17, 15) is 4.79 Å². The van der Waals surface area contributed by atoms with E-state index in [-0.39, 0.29) is 11.9 Å². The molecule has 1 aromatic rings. The Balaban J connectivity index is 2.01. The molecule has 0 aromatic heterocycles. The number of hydrogen-bond acceptors (Lipinski definition) is 2. The second-order valence-electron chi connectivity index (χ2n) is 4.40. The van der Waals surface area contributed by atoms with Gasteiger partial charge < -0.3 is 10.1 Å². The van der Waals surface area contributed by atoms with Crippen LogP contribution in [0.25, 0.3) is 0 Å². The second-order valence-corrected chi connectivity index (χ2v) is 4.40. The maximum absolute atomic E-state index is 11.7. The zero-order valence-corrected chi connectivity index (χ0v) is 10.2. The van der Waals surface area contributed by atoms with E-state index in [1.54, 1.807) is 0 Å². The van der Waals surface area contributed by atoms with Crippen molar-refractivity contribution in [3.8, 4) is 5.75 Å². The van der Waals surface area contributed by atoms with Gasteiger partial charge in [0, 0.05) is 18.4 Å². The summed E-state index contributed by atoms with van der Waals surface area (Å²) in [5.41, 5.74) is 1.10. The lowest BCUT2D eigenvalue weighted by Crippen LogP contribution is -2.31. The highest BCUT2D eigenvalue weighted by Crippen LogP contribution is 2.31. The number of carbonyl (C=O) groups excluding carboxylic acids is 1. The highest BCUT2D eigenvalue weighted by Gasteiger charge is 2.21. The van der Waals surface area contributed by atoms with Crippen molar-refractivity contribution in [2.24, 2.45) is 0 Å². The van der Waals surface area contributed by atoms with Crippen LogP contribution in [0.3, 0.4) is 0 Å². The maximum Gasteiger partial charge on any atom is 0.220 e. The fourth-order valence-corrected chi connectivity index (χ4v) is 2.10. The number of carbonyl (C=O) groups is 1. The van der Waals surface area contributed by atoms with Gasteiger partial charge in [0.2, 0.25) is 5.91 Å². The number of para-hydroxylation sites is 1. The van der Waals surface area contributed by atoms with E-state index in [4.69, 9.17) is 4.74 Å². The smallest absolute Gasteiger partial charge is 0.220 e. The molecule has 1 aliphatic rings. The Morgan fingerprint density at radius 3 is 3.12 bits per heavy atom. The first-order valence-electron chi connectivity index (χ1n) is 6.32. The van der Waals surface area contributed by atoms with Gasteiger partial charge in [0.1, 0.15) is 5.75 Å². The summed E-state index contributed by atoms with van der Waals surface area (Å²) in [7, 11) is 0. The predicted molar refractivity (Wildman–Crippen MR) is 67.0 cm³/mol. The lowest BCUT2D eigenvalue weighted by atomic mass is 10.0. The van der Waals surface area contributed by atoms with E-state index in [2.05, 4.69) is 12.2 Å². The molecule has 1 aromatic carbocycles. The third-order valence-corrected chi connectivity index (χ3v) is 3.05. The maximum atomic E-state index is 11.7. The van der Waals surface area contributed by atoms with Gasteiger partial charge in [-0.05, 0) is 12.5 Å². The summed E-state index contributed by atoms with van der Waals surface area (Å²) >= 11 is 0. The minimum atomic E-state index is 0.115. The van der Waals surface area contributed by atoms with Gasteiger partial charge in [0.25, 0.3) is 0 Å². The standard InChI is InChI=1S/C14H19NO2/c1-2-3-8-14(16)15-12-9-10-17-13-7-5-4-6-11(12)13/h4-7,12H,2-3,8-10H2,1H3,(H,15,16). The first kappa shape index (κ1) is 12.0. The van der Waals surface area contributed by atoms with E-state index in [0.717, 1.165) is 30.6 Å². The van der Waals surface area contributed by atoms with Crippen LogP contribution < -0.4 is 10.1 Å². The minimum Gasteiger partial charge on any atom is -0.493 e. The lowest BCUT2D eigenvalue weighted by Gasteiger charge is -2.26. The quantitative estimate of drug-likeness (QED) is 0.868. The molecule has 3 heteroatoms. The molecule has 0 radical (unpaired) electrons. The average Bonchev–Trinajstić information content (AvgIpc) is 2.37. The summed E-state index contributed by atoms with van der Waals surface area (Å²) in [6, 6.07) is 8.04. The van der Waals surface area contributed by atoms with Crippen LogP contribution in [0.4, 0.5) is 0 Å². The lowest BCUT2D eigenvalue weighted by molar-refractivity contribution is -0.122. The van der Waals surface area contributed by atoms with Gasteiger partial charge in [-0.1, -0.05) is 31.5 Å². The van der Waals surface area contributed by atoms with Crippen molar-refractivity contribution in [3.05, 3.63) is 29.8 Å². The second kappa shape index (κ2) is 5.71. The van der Waals surface area contributed by atoms with Crippen LogP contribution in [-0.2, 0) is 4.79 Å². The molecule has 0 saturated heterocycles. The van der Waals surface area contributed by atoms with Crippen molar-refractivity contribution in [1.82, 2.24) is 5.32 Å².